The maximum atomic E-state index is 12.3. The molecule has 0 radical (unpaired) electrons. The summed E-state index contributed by atoms with van der Waals surface area (Å²) in [5, 5.41) is 2.81. The van der Waals surface area contributed by atoms with Crippen LogP contribution in [0.3, 0.4) is 0 Å². The quantitative estimate of drug-likeness (QED) is 0.593. The summed E-state index contributed by atoms with van der Waals surface area (Å²) in [4.78, 5) is 28.8. The van der Waals surface area contributed by atoms with E-state index in [-0.39, 0.29) is 31.6 Å². The van der Waals surface area contributed by atoms with Crippen LogP contribution >= 0.6 is 0 Å². The third-order valence-corrected chi connectivity index (χ3v) is 4.47. The number of carbonyl (C=O) groups excluding carboxylic acids is 2. The molecule has 1 N–H and O–H groups in total. The molecule has 7 heteroatoms. The van der Waals surface area contributed by atoms with Crippen molar-refractivity contribution in [3.63, 3.8) is 0 Å². The van der Waals surface area contributed by atoms with E-state index in [0.29, 0.717) is 18.2 Å². The number of nitrogens with zero attached hydrogens (tertiary/aromatic N) is 2. The first-order chi connectivity index (χ1) is 14.0. The van der Waals surface area contributed by atoms with Gasteiger partial charge in [-0.15, -0.1) is 0 Å². The van der Waals surface area contributed by atoms with Crippen molar-refractivity contribution in [2.45, 2.75) is 33.9 Å². The lowest BCUT2D eigenvalue weighted by Gasteiger charge is -2.11. The zero-order valence-electron chi connectivity index (χ0n) is 16.9. The number of para-hydroxylation sites is 2. The van der Waals surface area contributed by atoms with Crippen LogP contribution in [0.15, 0.2) is 42.5 Å². The molecule has 0 spiro atoms. The highest BCUT2D eigenvalue weighted by Gasteiger charge is 2.15. The first-order valence-electron chi connectivity index (χ1n) is 9.54. The van der Waals surface area contributed by atoms with Gasteiger partial charge in [0.15, 0.2) is 6.61 Å². The normalized spacial score (nSPS) is 10.7. The highest BCUT2D eigenvalue weighted by atomic mass is 16.5. The van der Waals surface area contributed by atoms with E-state index in [2.05, 4.69) is 10.3 Å². The van der Waals surface area contributed by atoms with Crippen LogP contribution in [-0.4, -0.2) is 34.6 Å². The predicted molar refractivity (Wildman–Crippen MR) is 110 cm³/mol. The minimum absolute atomic E-state index is 0.0402. The SMILES string of the molecule is CCOC(=O)Cn1c(CNC(=O)COc2cc(C)ccc2C)nc2ccccc21. The molecule has 2 aromatic carbocycles. The molecule has 0 atom stereocenters. The summed E-state index contributed by atoms with van der Waals surface area (Å²) >= 11 is 0. The number of hydrogen-bond acceptors (Lipinski definition) is 5. The number of benzene rings is 2. The van der Waals surface area contributed by atoms with Crippen LogP contribution in [0.1, 0.15) is 23.9 Å². The number of rotatable bonds is 8. The van der Waals surface area contributed by atoms with Crippen molar-refractivity contribution in [3.8, 4) is 5.75 Å². The van der Waals surface area contributed by atoms with Crippen molar-refractivity contribution in [2.75, 3.05) is 13.2 Å². The van der Waals surface area contributed by atoms with Crippen molar-refractivity contribution >= 4 is 22.9 Å². The number of esters is 1. The van der Waals surface area contributed by atoms with Crippen LogP contribution in [0.2, 0.25) is 0 Å². The van der Waals surface area contributed by atoms with Crippen LogP contribution < -0.4 is 10.1 Å². The van der Waals surface area contributed by atoms with Gasteiger partial charge in [-0.25, -0.2) is 4.98 Å². The summed E-state index contributed by atoms with van der Waals surface area (Å²) in [7, 11) is 0. The third kappa shape index (κ3) is 5.13. The second kappa shape index (κ2) is 9.23. The zero-order valence-corrected chi connectivity index (χ0v) is 16.9. The Bertz CT molecular complexity index is 1030. The number of amides is 1. The van der Waals surface area contributed by atoms with Gasteiger partial charge in [-0.05, 0) is 50.1 Å². The molecule has 1 amide bonds. The number of nitrogens with one attached hydrogen (secondary N) is 1. The molecule has 1 heterocycles. The Morgan fingerprint density at radius 2 is 1.93 bits per heavy atom. The van der Waals surface area contributed by atoms with Crippen LogP contribution in [0.5, 0.6) is 5.75 Å². The molecule has 1 aromatic heterocycles. The summed E-state index contributed by atoms with van der Waals surface area (Å²) in [6.45, 7) is 6.11. The first-order valence-corrected chi connectivity index (χ1v) is 9.54. The van der Waals surface area contributed by atoms with E-state index >= 15 is 0 Å². The van der Waals surface area contributed by atoms with E-state index in [1.165, 1.54) is 0 Å². The van der Waals surface area contributed by atoms with Crippen molar-refractivity contribution in [3.05, 3.63) is 59.4 Å². The van der Waals surface area contributed by atoms with Gasteiger partial charge in [0.2, 0.25) is 0 Å². The summed E-state index contributed by atoms with van der Waals surface area (Å²) in [5.74, 6) is 0.663. The molecule has 152 valence electrons. The Morgan fingerprint density at radius 1 is 1.14 bits per heavy atom. The molecule has 0 aliphatic heterocycles. The number of aryl methyl sites for hydroxylation is 2. The number of aromatic nitrogens is 2. The lowest BCUT2D eigenvalue weighted by molar-refractivity contribution is -0.143. The van der Waals surface area contributed by atoms with Gasteiger partial charge in [0.1, 0.15) is 18.1 Å². The lowest BCUT2D eigenvalue weighted by Crippen LogP contribution is -2.30. The van der Waals surface area contributed by atoms with E-state index in [9.17, 15) is 9.59 Å². The highest BCUT2D eigenvalue weighted by molar-refractivity contribution is 5.80. The van der Waals surface area contributed by atoms with Gasteiger partial charge >= 0.3 is 5.97 Å². The average molecular weight is 395 g/mol. The van der Waals surface area contributed by atoms with Crippen LogP contribution in [-0.2, 0) is 27.4 Å². The average Bonchev–Trinajstić information content (AvgIpc) is 3.04. The Kier molecular flexibility index (Phi) is 6.49. The van der Waals surface area contributed by atoms with Gasteiger partial charge in [0.05, 0.1) is 24.2 Å². The predicted octanol–water partition coefficient (Wildman–Crippen LogP) is 2.91. The number of hydrogen-bond donors (Lipinski definition) is 1. The highest BCUT2D eigenvalue weighted by Crippen LogP contribution is 2.19. The monoisotopic (exact) mass is 395 g/mol. The van der Waals surface area contributed by atoms with E-state index in [4.69, 9.17) is 9.47 Å². The van der Waals surface area contributed by atoms with Crippen LogP contribution in [0, 0.1) is 13.8 Å². The second-order valence-corrected chi connectivity index (χ2v) is 6.74. The Morgan fingerprint density at radius 3 is 2.72 bits per heavy atom. The van der Waals surface area contributed by atoms with Crippen LogP contribution in [0.4, 0.5) is 0 Å². The number of fused-ring (bicyclic) bond motifs is 1. The molecule has 0 saturated heterocycles. The van der Waals surface area contributed by atoms with E-state index in [1.807, 2.05) is 56.3 Å². The fraction of sp³-hybridized carbons (Fsp3) is 0.318. The molecule has 0 unspecified atom stereocenters. The van der Waals surface area contributed by atoms with Crippen molar-refractivity contribution in [1.29, 1.82) is 0 Å². The van der Waals surface area contributed by atoms with Crippen molar-refractivity contribution < 1.29 is 19.1 Å². The molecule has 7 nitrogen and oxygen atoms in total. The molecule has 0 fully saturated rings. The Labute approximate surface area is 169 Å². The van der Waals surface area contributed by atoms with E-state index < -0.39 is 0 Å². The molecule has 0 bridgehead atoms. The number of ether oxygens (including phenoxy) is 2. The fourth-order valence-corrected chi connectivity index (χ4v) is 3.01. The van der Waals surface area contributed by atoms with Crippen molar-refractivity contribution in [1.82, 2.24) is 14.9 Å². The molecule has 0 aliphatic carbocycles. The van der Waals surface area contributed by atoms with Gasteiger partial charge in [-0.3, -0.25) is 9.59 Å². The van der Waals surface area contributed by atoms with Gasteiger partial charge in [0.25, 0.3) is 5.91 Å². The number of imidazole rings is 1. The Hall–Kier alpha value is -3.35. The minimum Gasteiger partial charge on any atom is -0.483 e. The lowest BCUT2D eigenvalue weighted by atomic mass is 10.1. The second-order valence-electron chi connectivity index (χ2n) is 6.74. The molecule has 0 aliphatic rings. The fourth-order valence-electron chi connectivity index (χ4n) is 3.01. The zero-order chi connectivity index (χ0) is 20.8. The molecule has 3 rings (SSSR count). The van der Waals surface area contributed by atoms with E-state index in [0.717, 1.165) is 22.2 Å². The molecular formula is C22H25N3O4. The molecule has 0 saturated carbocycles. The maximum Gasteiger partial charge on any atom is 0.326 e. The first kappa shape index (κ1) is 20.4. The van der Waals surface area contributed by atoms with Gasteiger partial charge in [0, 0.05) is 0 Å². The molecule has 29 heavy (non-hydrogen) atoms. The smallest absolute Gasteiger partial charge is 0.326 e. The van der Waals surface area contributed by atoms with E-state index in [1.54, 1.807) is 11.5 Å². The topological polar surface area (TPSA) is 82.5 Å². The molecular weight excluding hydrogens is 370 g/mol. The van der Waals surface area contributed by atoms with Crippen LogP contribution in [0.25, 0.3) is 11.0 Å². The summed E-state index contributed by atoms with van der Waals surface area (Å²) in [6.07, 6.45) is 0. The maximum absolute atomic E-state index is 12.3. The Balaban J connectivity index is 1.67. The van der Waals surface area contributed by atoms with Gasteiger partial charge in [-0.1, -0.05) is 24.3 Å². The minimum atomic E-state index is -0.346. The molecule has 3 aromatic rings. The largest absolute Gasteiger partial charge is 0.483 e. The standard InChI is InChI=1S/C22H25N3O4/c1-4-28-22(27)13-25-18-8-6-5-7-17(18)24-20(25)12-23-21(26)14-29-19-11-15(2)9-10-16(19)3/h5-11H,4,12-14H2,1-3H3,(H,23,26). The number of carbonyl (C=O) groups is 2. The summed E-state index contributed by atoms with van der Waals surface area (Å²) < 4.78 is 12.5. The summed E-state index contributed by atoms with van der Waals surface area (Å²) in [5.41, 5.74) is 3.61. The summed E-state index contributed by atoms with van der Waals surface area (Å²) in [6, 6.07) is 13.4. The van der Waals surface area contributed by atoms with Gasteiger partial charge in [-0.2, -0.15) is 0 Å². The van der Waals surface area contributed by atoms with Crippen molar-refractivity contribution in [2.24, 2.45) is 0 Å². The van der Waals surface area contributed by atoms with Gasteiger partial charge < -0.3 is 19.4 Å². The third-order valence-electron chi connectivity index (χ3n) is 4.47.